The first-order chi connectivity index (χ1) is 17.2. The molecule has 6 nitrogen and oxygen atoms in total. The highest BCUT2D eigenvalue weighted by molar-refractivity contribution is 6.03. The molecule has 3 heterocycles. The van der Waals surface area contributed by atoms with Crippen molar-refractivity contribution in [2.45, 2.75) is 51.4 Å². The van der Waals surface area contributed by atoms with E-state index in [1.165, 1.54) is 13.1 Å². The van der Waals surface area contributed by atoms with Crippen molar-refractivity contribution in [2.24, 2.45) is 17.6 Å². The molecule has 3 N–H and O–H groups in total. The van der Waals surface area contributed by atoms with Gasteiger partial charge in [0.25, 0.3) is 5.91 Å². The molecule has 4 unspecified atom stereocenters. The molecule has 3 aromatic rings. The Labute approximate surface area is 207 Å². The summed E-state index contributed by atoms with van der Waals surface area (Å²) in [7, 11) is 0. The van der Waals surface area contributed by atoms with Crippen molar-refractivity contribution in [1.82, 2.24) is 9.97 Å². The molecule has 1 saturated heterocycles. The standard InChI is InChI=1S/C27H27F3N4O2/c1-13-9-18(29)24(19(30)10-13)25-17(28)5-6-21(33-25)27(35)34-22-12-32-8-7-16(22)23-11-20(31)14(2)26(36-23)15-3-4-15/h5-10,12,14-15,20,23,26H,3-4,11,31H2,1-2H3,(H,34,35). The molecule has 36 heavy (non-hydrogen) atoms. The maximum absolute atomic E-state index is 14.5. The Hall–Kier alpha value is -3.30. The lowest BCUT2D eigenvalue weighted by molar-refractivity contribution is -0.0988. The van der Waals surface area contributed by atoms with Crippen LogP contribution in [0.3, 0.4) is 0 Å². The van der Waals surface area contributed by atoms with Crippen molar-refractivity contribution >= 4 is 11.6 Å². The topological polar surface area (TPSA) is 90.1 Å². The van der Waals surface area contributed by atoms with Crippen LogP contribution < -0.4 is 11.1 Å². The van der Waals surface area contributed by atoms with Gasteiger partial charge in [-0.25, -0.2) is 18.2 Å². The number of carbonyl (C=O) groups is 1. The molecule has 1 aromatic carbocycles. The lowest BCUT2D eigenvalue weighted by Crippen LogP contribution is -2.45. The number of rotatable bonds is 5. The number of benzene rings is 1. The molecule has 2 fully saturated rings. The van der Waals surface area contributed by atoms with Crippen molar-refractivity contribution in [3.63, 3.8) is 0 Å². The molecular weight excluding hydrogens is 469 g/mol. The van der Waals surface area contributed by atoms with Gasteiger partial charge in [-0.15, -0.1) is 0 Å². The van der Waals surface area contributed by atoms with Crippen LogP contribution in [0, 0.1) is 36.2 Å². The van der Waals surface area contributed by atoms with Crippen LogP contribution in [-0.4, -0.2) is 28.0 Å². The van der Waals surface area contributed by atoms with Crippen LogP contribution >= 0.6 is 0 Å². The second-order valence-corrected chi connectivity index (χ2v) is 9.73. The number of pyridine rings is 2. The summed E-state index contributed by atoms with van der Waals surface area (Å²) < 4.78 is 49.9. The Morgan fingerprint density at radius 2 is 1.83 bits per heavy atom. The van der Waals surface area contributed by atoms with E-state index in [0.717, 1.165) is 42.7 Å². The molecule has 1 aliphatic heterocycles. The zero-order valence-electron chi connectivity index (χ0n) is 20.0. The minimum absolute atomic E-state index is 0.0494. The summed E-state index contributed by atoms with van der Waals surface area (Å²) in [5, 5.41) is 2.75. The number of halogens is 3. The van der Waals surface area contributed by atoms with Gasteiger partial charge in [0.2, 0.25) is 0 Å². The van der Waals surface area contributed by atoms with Crippen LogP contribution in [0.25, 0.3) is 11.3 Å². The maximum Gasteiger partial charge on any atom is 0.274 e. The quantitative estimate of drug-likeness (QED) is 0.499. The number of nitrogens with one attached hydrogen (secondary N) is 1. The van der Waals surface area contributed by atoms with E-state index in [2.05, 4.69) is 22.2 Å². The number of hydrogen-bond donors (Lipinski definition) is 2. The van der Waals surface area contributed by atoms with Gasteiger partial charge in [0.05, 0.1) is 29.7 Å². The molecule has 0 bridgehead atoms. The smallest absolute Gasteiger partial charge is 0.274 e. The van der Waals surface area contributed by atoms with Crippen LogP contribution in [0.5, 0.6) is 0 Å². The molecule has 1 amide bonds. The fourth-order valence-corrected chi connectivity index (χ4v) is 4.89. The predicted octanol–water partition coefficient (Wildman–Crippen LogP) is 5.33. The minimum atomic E-state index is -0.962. The maximum atomic E-state index is 14.5. The number of aryl methyl sites for hydroxylation is 1. The summed E-state index contributed by atoms with van der Waals surface area (Å²) in [5.41, 5.74) is 6.51. The fraction of sp³-hybridized carbons (Fsp3) is 0.370. The monoisotopic (exact) mass is 496 g/mol. The second kappa shape index (κ2) is 9.63. The Bertz CT molecular complexity index is 1290. The lowest BCUT2D eigenvalue weighted by Gasteiger charge is -2.40. The largest absolute Gasteiger partial charge is 0.370 e. The second-order valence-electron chi connectivity index (χ2n) is 9.73. The third kappa shape index (κ3) is 4.73. The highest BCUT2D eigenvalue weighted by Crippen LogP contribution is 2.45. The number of anilines is 1. The SMILES string of the molecule is Cc1cc(F)c(-c2nc(C(=O)Nc3cnccc3C3CC(N)C(C)C(C4CC4)O3)ccc2F)c(F)c1. The molecule has 188 valence electrons. The lowest BCUT2D eigenvalue weighted by atomic mass is 9.84. The zero-order valence-corrected chi connectivity index (χ0v) is 20.0. The van der Waals surface area contributed by atoms with Crippen molar-refractivity contribution in [2.75, 3.05) is 5.32 Å². The number of hydrogen-bond acceptors (Lipinski definition) is 5. The zero-order chi connectivity index (χ0) is 25.6. The molecule has 1 saturated carbocycles. The average molecular weight is 497 g/mol. The van der Waals surface area contributed by atoms with Gasteiger partial charge in [-0.1, -0.05) is 6.92 Å². The van der Waals surface area contributed by atoms with Crippen LogP contribution in [0.4, 0.5) is 18.9 Å². The summed E-state index contributed by atoms with van der Waals surface area (Å²) in [6, 6.07) is 6.01. The van der Waals surface area contributed by atoms with Crippen molar-refractivity contribution in [3.05, 3.63) is 77.0 Å². The predicted molar refractivity (Wildman–Crippen MR) is 129 cm³/mol. The Kier molecular flexibility index (Phi) is 6.53. The number of amides is 1. The summed E-state index contributed by atoms with van der Waals surface area (Å²) >= 11 is 0. The molecule has 4 atom stereocenters. The number of carbonyl (C=O) groups excluding carboxylic acids is 1. The van der Waals surface area contributed by atoms with Crippen molar-refractivity contribution in [1.29, 1.82) is 0 Å². The van der Waals surface area contributed by atoms with E-state index in [4.69, 9.17) is 10.5 Å². The van der Waals surface area contributed by atoms with Gasteiger partial charge < -0.3 is 15.8 Å². The molecule has 2 aromatic heterocycles. The first-order valence-corrected chi connectivity index (χ1v) is 12.0. The van der Waals surface area contributed by atoms with Crippen LogP contribution in [0.15, 0.2) is 42.7 Å². The Morgan fingerprint density at radius 1 is 1.11 bits per heavy atom. The van der Waals surface area contributed by atoms with Crippen molar-refractivity contribution in [3.8, 4) is 11.3 Å². The summed E-state index contributed by atoms with van der Waals surface area (Å²) in [6.45, 7) is 3.63. The molecular formula is C27H27F3N4O2. The van der Waals surface area contributed by atoms with Crippen LogP contribution in [0.1, 0.15) is 53.9 Å². The number of nitrogens with two attached hydrogens (primary N) is 1. The molecule has 1 aliphatic carbocycles. The normalized spacial score (nSPS) is 23.9. The van der Waals surface area contributed by atoms with Gasteiger partial charge in [0.15, 0.2) is 0 Å². The van der Waals surface area contributed by atoms with Gasteiger partial charge in [-0.3, -0.25) is 9.78 Å². The van der Waals surface area contributed by atoms with E-state index in [1.807, 2.05) is 0 Å². The van der Waals surface area contributed by atoms with E-state index in [9.17, 15) is 18.0 Å². The first-order valence-electron chi connectivity index (χ1n) is 12.0. The van der Waals surface area contributed by atoms with E-state index < -0.39 is 34.6 Å². The van der Waals surface area contributed by atoms with Gasteiger partial charge in [0.1, 0.15) is 28.8 Å². The van der Waals surface area contributed by atoms with E-state index >= 15 is 0 Å². The first kappa shape index (κ1) is 24.4. The van der Waals surface area contributed by atoms with Crippen LogP contribution in [-0.2, 0) is 4.74 Å². The van der Waals surface area contributed by atoms with Gasteiger partial charge in [0, 0.05) is 17.8 Å². The third-order valence-electron chi connectivity index (χ3n) is 7.04. The molecule has 5 rings (SSSR count). The van der Waals surface area contributed by atoms with Crippen molar-refractivity contribution < 1.29 is 22.7 Å². The molecule has 2 aliphatic rings. The fourth-order valence-electron chi connectivity index (χ4n) is 4.89. The molecule has 0 radical (unpaired) electrons. The van der Waals surface area contributed by atoms with E-state index in [-0.39, 0.29) is 29.9 Å². The molecule has 0 spiro atoms. The van der Waals surface area contributed by atoms with E-state index in [1.54, 1.807) is 12.3 Å². The summed E-state index contributed by atoms with van der Waals surface area (Å²) in [5.74, 6) is -2.81. The highest BCUT2D eigenvalue weighted by atomic mass is 19.1. The third-order valence-corrected chi connectivity index (χ3v) is 7.04. The average Bonchev–Trinajstić information content (AvgIpc) is 3.67. The summed E-state index contributed by atoms with van der Waals surface area (Å²) in [6.07, 6.45) is 5.66. The number of ether oxygens (including phenoxy) is 1. The van der Waals surface area contributed by atoms with E-state index in [0.29, 0.717) is 23.6 Å². The van der Waals surface area contributed by atoms with Gasteiger partial charge in [-0.05, 0) is 73.9 Å². The minimum Gasteiger partial charge on any atom is -0.370 e. The van der Waals surface area contributed by atoms with Crippen LogP contribution in [0.2, 0.25) is 0 Å². The highest BCUT2D eigenvalue weighted by Gasteiger charge is 2.43. The Balaban J connectivity index is 1.42. The number of aromatic nitrogens is 2. The Morgan fingerprint density at radius 3 is 2.53 bits per heavy atom. The molecule has 9 heteroatoms. The van der Waals surface area contributed by atoms with Gasteiger partial charge in [-0.2, -0.15) is 0 Å². The number of nitrogens with zero attached hydrogens (tertiary/aromatic N) is 2. The van der Waals surface area contributed by atoms with Gasteiger partial charge >= 0.3 is 0 Å². The summed E-state index contributed by atoms with van der Waals surface area (Å²) in [4.78, 5) is 21.2.